The molecule has 1 aromatic carbocycles. The first-order valence-electron chi connectivity index (χ1n) is 6.66. The Morgan fingerprint density at radius 2 is 2.05 bits per heavy atom. The van der Waals surface area contributed by atoms with Gasteiger partial charge in [-0.2, -0.15) is 0 Å². The van der Waals surface area contributed by atoms with Crippen molar-refractivity contribution >= 4 is 21.9 Å². The van der Waals surface area contributed by atoms with Crippen molar-refractivity contribution in [2.24, 2.45) is 0 Å². The summed E-state index contributed by atoms with van der Waals surface area (Å²) in [6.07, 6.45) is 0.693. The van der Waals surface area contributed by atoms with Crippen LogP contribution in [0.1, 0.15) is 19.4 Å². The topological polar surface area (TPSA) is 41.6 Å². The zero-order valence-corrected chi connectivity index (χ0v) is 13.5. The van der Waals surface area contributed by atoms with Crippen LogP contribution in [-0.2, 0) is 16.0 Å². The summed E-state index contributed by atoms with van der Waals surface area (Å²) in [6.45, 7) is 4.89. The van der Waals surface area contributed by atoms with E-state index < -0.39 is 0 Å². The second kappa shape index (κ2) is 6.41. The number of ether oxygens (including phenoxy) is 1. The van der Waals surface area contributed by atoms with Crippen LogP contribution in [0.3, 0.4) is 0 Å². The van der Waals surface area contributed by atoms with Gasteiger partial charge in [-0.1, -0.05) is 35.0 Å². The van der Waals surface area contributed by atoms with Gasteiger partial charge in [0.15, 0.2) is 0 Å². The Morgan fingerprint density at radius 1 is 1.40 bits per heavy atom. The van der Waals surface area contributed by atoms with E-state index in [1.165, 1.54) is 7.11 Å². The third-order valence-electron chi connectivity index (χ3n) is 3.53. The summed E-state index contributed by atoms with van der Waals surface area (Å²) in [4.78, 5) is 12.0. The second-order valence-corrected chi connectivity index (χ2v) is 5.68. The highest BCUT2D eigenvalue weighted by Gasteiger charge is 2.33. The van der Waals surface area contributed by atoms with Crippen LogP contribution in [0.2, 0.25) is 0 Å². The minimum Gasteiger partial charge on any atom is -0.466 e. The maximum atomic E-state index is 12.0. The van der Waals surface area contributed by atoms with Gasteiger partial charge in [-0.25, -0.2) is 9.80 Å². The molecule has 1 heterocycles. The first-order valence-corrected chi connectivity index (χ1v) is 7.45. The van der Waals surface area contributed by atoms with Crippen molar-refractivity contribution < 1.29 is 9.53 Å². The van der Waals surface area contributed by atoms with E-state index in [0.717, 1.165) is 27.9 Å². The summed E-state index contributed by atoms with van der Waals surface area (Å²) in [5, 5.41) is 2.04. The summed E-state index contributed by atoms with van der Waals surface area (Å²) in [5.41, 5.74) is 6.12. The molecular weight excluding hydrogens is 320 g/mol. The number of nitrogens with one attached hydrogen (secondary N) is 1. The van der Waals surface area contributed by atoms with Gasteiger partial charge in [-0.15, -0.1) is 0 Å². The number of nitrogens with zero attached hydrogens (tertiary/aromatic N) is 1. The summed E-state index contributed by atoms with van der Waals surface area (Å²) >= 11 is 3.42. The molecule has 1 unspecified atom stereocenters. The average molecular weight is 339 g/mol. The molecule has 0 aliphatic carbocycles. The third kappa shape index (κ3) is 3.04. The van der Waals surface area contributed by atoms with E-state index in [-0.39, 0.29) is 12.0 Å². The maximum absolute atomic E-state index is 12.0. The molecule has 20 heavy (non-hydrogen) atoms. The quantitative estimate of drug-likeness (QED) is 0.857. The van der Waals surface area contributed by atoms with Crippen LogP contribution in [0.25, 0.3) is 0 Å². The molecule has 1 aliphatic heterocycles. The minimum atomic E-state index is -0.256. The lowest BCUT2D eigenvalue weighted by molar-refractivity contribution is -0.136. The Morgan fingerprint density at radius 3 is 2.60 bits per heavy atom. The molecule has 4 nitrogen and oxygen atoms in total. The molecule has 0 radical (unpaired) electrons. The highest BCUT2D eigenvalue weighted by molar-refractivity contribution is 9.10. The van der Waals surface area contributed by atoms with Crippen LogP contribution < -0.4 is 5.43 Å². The number of esters is 1. The fraction of sp³-hybridized carbons (Fsp3) is 0.400. The highest BCUT2D eigenvalue weighted by Crippen LogP contribution is 2.24. The number of rotatable bonds is 4. The van der Waals surface area contributed by atoms with Gasteiger partial charge in [0.25, 0.3) is 0 Å². The van der Waals surface area contributed by atoms with E-state index >= 15 is 0 Å². The monoisotopic (exact) mass is 338 g/mol. The van der Waals surface area contributed by atoms with Crippen molar-refractivity contribution in [3.05, 3.63) is 45.6 Å². The van der Waals surface area contributed by atoms with E-state index in [1.54, 1.807) is 0 Å². The molecule has 1 aliphatic rings. The normalized spacial score (nSPS) is 19.1. The SMILES string of the molecule is CCN1NC(Cc2ccc(Br)cc2)=C(C(=O)OC)C1C. The molecule has 0 saturated carbocycles. The van der Waals surface area contributed by atoms with Crippen molar-refractivity contribution in [2.45, 2.75) is 26.3 Å². The number of methoxy groups -OCH3 is 1. The summed E-state index contributed by atoms with van der Waals surface area (Å²) < 4.78 is 5.96. The number of carbonyl (C=O) groups is 1. The van der Waals surface area contributed by atoms with E-state index in [4.69, 9.17) is 4.74 Å². The predicted molar refractivity (Wildman–Crippen MR) is 81.9 cm³/mol. The van der Waals surface area contributed by atoms with E-state index in [0.29, 0.717) is 6.42 Å². The predicted octanol–water partition coefficient (Wildman–Crippen LogP) is 2.65. The Hall–Kier alpha value is -1.33. The number of hydrogen-bond acceptors (Lipinski definition) is 4. The largest absolute Gasteiger partial charge is 0.466 e. The minimum absolute atomic E-state index is 0.0258. The average Bonchev–Trinajstić information content (AvgIpc) is 2.76. The van der Waals surface area contributed by atoms with Gasteiger partial charge in [0.1, 0.15) is 0 Å². The lowest BCUT2D eigenvalue weighted by Crippen LogP contribution is -2.38. The van der Waals surface area contributed by atoms with Crippen molar-refractivity contribution in [1.82, 2.24) is 10.4 Å². The Kier molecular flexibility index (Phi) is 4.83. The van der Waals surface area contributed by atoms with Crippen LogP contribution in [0.5, 0.6) is 0 Å². The van der Waals surface area contributed by atoms with Crippen LogP contribution in [-0.4, -0.2) is 30.7 Å². The van der Waals surface area contributed by atoms with Gasteiger partial charge >= 0.3 is 5.97 Å². The van der Waals surface area contributed by atoms with Gasteiger partial charge < -0.3 is 10.2 Å². The number of carbonyl (C=O) groups excluding carboxylic acids is 1. The highest BCUT2D eigenvalue weighted by atomic mass is 79.9. The maximum Gasteiger partial charge on any atom is 0.337 e. The van der Waals surface area contributed by atoms with Crippen molar-refractivity contribution in [2.75, 3.05) is 13.7 Å². The molecule has 2 rings (SSSR count). The molecular formula is C15H19BrN2O2. The Labute approximate surface area is 127 Å². The molecule has 108 valence electrons. The Balaban J connectivity index is 2.27. The Bertz CT molecular complexity index is 525. The fourth-order valence-electron chi connectivity index (χ4n) is 2.44. The smallest absolute Gasteiger partial charge is 0.337 e. The third-order valence-corrected chi connectivity index (χ3v) is 4.06. The zero-order chi connectivity index (χ0) is 14.7. The van der Waals surface area contributed by atoms with Crippen molar-refractivity contribution in [1.29, 1.82) is 0 Å². The number of hydrazine groups is 1. The van der Waals surface area contributed by atoms with Crippen LogP contribution in [0.4, 0.5) is 0 Å². The van der Waals surface area contributed by atoms with Gasteiger partial charge in [-0.3, -0.25) is 0 Å². The van der Waals surface area contributed by atoms with Crippen molar-refractivity contribution in [3.63, 3.8) is 0 Å². The zero-order valence-electron chi connectivity index (χ0n) is 11.9. The molecule has 0 aromatic heterocycles. The summed E-state index contributed by atoms with van der Waals surface area (Å²) in [5.74, 6) is -0.256. The number of hydrogen-bond donors (Lipinski definition) is 1. The lowest BCUT2D eigenvalue weighted by Gasteiger charge is -2.20. The van der Waals surface area contributed by atoms with Crippen molar-refractivity contribution in [3.8, 4) is 0 Å². The number of likely N-dealkylation sites (N-methyl/N-ethyl adjacent to an activating group) is 1. The summed E-state index contributed by atoms with van der Waals surface area (Å²) in [6, 6.07) is 8.13. The van der Waals surface area contributed by atoms with E-state index in [9.17, 15) is 4.79 Å². The number of allylic oxidation sites excluding steroid dienone is 1. The first-order chi connectivity index (χ1) is 9.56. The van der Waals surface area contributed by atoms with Gasteiger partial charge in [0, 0.05) is 23.1 Å². The second-order valence-electron chi connectivity index (χ2n) is 4.76. The standard InChI is InChI=1S/C15H19BrN2O2/c1-4-18-10(2)14(15(19)20-3)13(17-18)9-11-5-7-12(16)8-6-11/h5-8,10,17H,4,9H2,1-3H3. The fourth-order valence-corrected chi connectivity index (χ4v) is 2.70. The van der Waals surface area contributed by atoms with Gasteiger partial charge in [0.2, 0.25) is 0 Å². The molecule has 5 heteroatoms. The van der Waals surface area contributed by atoms with E-state index in [2.05, 4.69) is 28.3 Å². The summed E-state index contributed by atoms with van der Waals surface area (Å²) in [7, 11) is 1.42. The molecule has 0 fully saturated rings. The molecule has 1 aromatic rings. The van der Waals surface area contributed by atoms with Gasteiger partial charge in [0.05, 0.1) is 18.7 Å². The molecule has 1 atom stereocenters. The molecule has 0 saturated heterocycles. The van der Waals surface area contributed by atoms with Crippen LogP contribution in [0.15, 0.2) is 40.0 Å². The van der Waals surface area contributed by atoms with Crippen LogP contribution >= 0.6 is 15.9 Å². The number of halogens is 1. The van der Waals surface area contributed by atoms with Gasteiger partial charge in [-0.05, 0) is 24.6 Å². The van der Waals surface area contributed by atoms with E-state index in [1.807, 2.05) is 36.2 Å². The molecule has 1 N–H and O–H groups in total. The first kappa shape index (κ1) is 15.1. The molecule has 0 bridgehead atoms. The lowest BCUT2D eigenvalue weighted by atomic mass is 10.0. The molecule has 0 amide bonds. The molecule has 0 spiro atoms. The number of benzene rings is 1. The van der Waals surface area contributed by atoms with Crippen LogP contribution in [0, 0.1) is 0 Å².